The number of aryl methyl sites for hydroxylation is 6. The first-order chi connectivity index (χ1) is 38.1. The predicted octanol–water partition coefficient (Wildman–Crippen LogP) is 22.1. The van der Waals surface area contributed by atoms with Gasteiger partial charge in [0.1, 0.15) is 0 Å². The van der Waals surface area contributed by atoms with Gasteiger partial charge in [-0.1, -0.05) is 206 Å². The van der Waals surface area contributed by atoms with E-state index in [1.807, 2.05) is 0 Å². The van der Waals surface area contributed by atoms with Crippen LogP contribution in [0, 0.1) is 41.5 Å². The minimum absolute atomic E-state index is 1.19. The Labute approximate surface area is 457 Å². The third-order valence-corrected chi connectivity index (χ3v) is 16.9. The van der Waals surface area contributed by atoms with Crippen molar-refractivity contribution in [2.24, 2.45) is 0 Å². The summed E-state index contributed by atoms with van der Waals surface area (Å²) in [5, 5.41) is 15.3. The lowest BCUT2D eigenvalue weighted by atomic mass is 9.84. The van der Waals surface area contributed by atoms with Crippen molar-refractivity contribution in [2.75, 3.05) is 0 Å². The molecule has 0 radical (unpaired) electrons. The summed E-state index contributed by atoms with van der Waals surface area (Å²) in [4.78, 5) is 0. The Morgan fingerprint density at radius 1 is 0.167 bits per heavy atom. The van der Waals surface area contributed by atoms with Crippen LogP contribution in [0.25, 0.3) is 143 Å². The van der Waals surface area contributed by atoms with E-state index in [4.69, 9.17) is 0 Å². The second-order valence-electron chi connectivity index (χ2n) is 21.9. The summed E-state index contributed by atoms with van der Waals surface area (Å²) in [6, 6.07) is 91.2. The summed E-state index contributed by atoms with van der Waals surface area (Å²) in [5.74, 6) is 0. The number of hydrogen-bond acceptors (Lipinski definition) is 0. The summed E-state index contributed by atoms with van der Waals surface area (Å²) in [5.41, 5.74) is 25.1. The van der Waals surface area contributed by atoms with Crippen LogP contribution in [0.4, 0.5) is 0 Å². The molecule has 0 heterocycles. The maximum Gasteiger partial charge on any atom is -0.00240 e. The standard InChI is InChI=1S/C78H58/c1-47-38-73(76-64-25-13-7-19-55(64)41-56-20-8-14-26-65(56)76)50(4)35-70(47)54-33-31-53(32-34-54)61-44-62(71-36-51(5)74(39-48(71)2)77-66-27-15-9-21-57(66)42-58-22-10-16-28-67(58)77)46-63(45-61)72-37-52(6)75(40-49(72)3)78-68-29-17-11-23-59(68)43-60-24-12-18-30-69(60)78/h7-46H,1-6H3. The fraction of sp³-hybridized carbons (Fsp3) is 0.0769. The molecule has 0 saturated carbocycles. The Morgan fingerprint density at radius 3 is 0.679 bits per heavy atom. The molecule has 0 aliphatic carbocycles. The van der Waals surface area contributed by atoms with Crippen LogP contribution in [0.3, 0.4) is 0 Å². The van der Waals surface area contributed by atoms with E-state index in [2.05, 4.69) is 284 Å². The van der Waals surface area contributed by atoms with Crippen LogP contribution in [-0.4, -0.2) is 0 Å². The maximum absolute atomic E-state index is 2.44. The zero-order chi connectivity index (χ0) is 52.8. The van der Waals surface area contributed by atoms with Crippen molar-refractivity contribution in [3.05, 3.63) is 276 Å². The summed E-state index contributed by atoms with van der Waals surface area (Å²) >= 11 is 0. The van der Waals surface area contributed by atoms with E-state index in [1.165, 1.54) is 176 Å². The van der Waals surface area contributed by atoms with E-state index in [9.17, 15) is 0 Å². The molecule has 14 aromatic carbocycles. The first-order valence-corrected chi connectivity index (χ1v) is 27.5. The van der Waals surface area contributed by atoms with Gasteiger partial charge in [0.25, 0.3) is 0 Å². The minimum atomic E-state index is 1.19. The Balaban J connectivity index is 0.909. The van der Waals surface area contributed by atoms with Gasteiger partial charge in [0.05, 0.1) is 0 Å². The zero-order valence-electron chi connectivity index (χ0n) is 45.1. The Hall–Kier alpha value is -9.36. The first-order valence-electron chi connectivity index (χ1n) is 27.5. The highest BCUT2D eigenvalue weighted by molar-refractivity contribution is 6.16. The number of hydrogen-bond donors (Lipinski definition) is 0. The Bertz CT molecular complexity index is 4420. The van der Waals surface area contributed by atoms with Gasteiger partial charge >= 0.3 is 0 Å². The van der Waals surface area contributed by atoms with Crippen LogP contribution in [-0.2, 0) is 0 Å². The summed E-state index contributed by atoms with van der Waals surface area (Å²) < 4.78 is 0. The van der Waals surface area contributed by atoms with Crippen LogP contribution >= 0.6 is 0 Å². The number of benzene rings is 14. The highest BCUT2D eigenvalue weighted by Crippen LogP contribution is 2.46. The second kappa shape index (κ2) is 18.7. The molecule has 370 valence electrons. The minimum Gasteiger partial charge on any atom is -0.0616 e. The van der Waals surface area contributed by atoms with Gasteiger partial charge in [0, 0.05) is 0 Å². The average Bonchev–Trinajstić information content (AvgIpc) is 3.57. The van der Waals surface area contributed by atoms with Crippen molar-refractivity contribution >= 4 is 64.6 Å². The van der Waals surface area contributed by atoms with Crippen molar-refractivity contribution in [2.45, 2.75) is 41.5 Å². The molecule has 14 aromatic rings. The smallest absolute Gasteiger partial charge is 0.00240 e. The molecule has 0 fully saturated rings. The van der Waals surface area contributed by atoms with E-state index in [0.717, 1.165) is 0 Å². The van der Waals surface area contributed by atoms with Crippen molar-refractivity contribution in [3.63, 3.8) is 0 Å². The zero-order valence-corrected chi connectivity index (χ0v) is 45.1. The quantitative estimate of drug-likeness (QED) is 0.140. The summed E-state index contributed by atoms with van der Waals surface area (Å²) in [7, 11) is 0. The van der Waals surface area contributed by atoms with E-state index in [1.54, 1.807) is 0 Å². The number of fused-ring (bicyclic) bond motifs is 6. The van der Waals surface area contributed by atoms with Gasteiger partial charge in [0.2, 0.25) is 0 Å². The van der Waals surface area contributed by atoms with Gasteiger partial charge in [-0.15, -0.1) is 0 Å². The lowest BCUT2D eigenvalue weighted by Gasteiger charge is -2.20. The monoisotopic (exact) mass is 994 g/mol. The largest absolute Gasteiger partial charge is 0.0616 e. The van der Waals surface area contributed by atoms with E-state index >= 15 is 0 Å². The normalized spacial score (nSPS) is 11.7. The fourth-order valence-electron chi connectivity index (χ4n) is 13.0. The fourth-order valence-corrected chi connectivity index (χ4v) is 13.0. The molecule has 0 bridgehead atoms. The van der Waals surface area contributed by atoms with Gasteiger partial charge in [-0.2, -0.15) is 0 Å². The molecule has 0 aliphatic heterocycles. The lowest BCUT2D eigenvalue weighted by molar-refractivity contribution is 1.38. The molecule has 0 amide bonds. The summed E-state index contributed by atoms with van der Waals surface area (Å²) in [6.07, 6.45) is 0. The molecular weight excluding hydrogens is 937 g/mol. The molecule has 0 spiro atoms. The third-order valence-electron chi connectivity index (χ3n) is 16.9. The Kier molecular flexibility index (Phi) is 11.3. The molecule has 0 unspecified atom stereocenters. The van der Waals surface area contributed by atoms with Crippen molar-refractivity contribution < 1.29 is 0 Å². The van der Waals surface area contributed by atoms with E-state index in [0.29, 0.717) is 0 Å². The molecule has 0 N–H and O–H groups in total. The predicted molar refractivity (Wildman–Crippen MR) is 338 cm³/mol. The van der Waals surface area contributed by atoms with Gasteiger partial charge in [-0.25, -0.2) is 0 Å². The molecule has 0 aromatic heterocycles. The van der Waals surface area contributed by atoms with Crippen molar-refractivity contribution in [3.8, 4) is 77.9 Å². The molecule has 0 atom stereocenters. The molecule has 0 heteroatoms. The molecular formula is C78H58. The maximum atomic E-state index is 2.44. The van der Waals surface area contributed by atoms with Gasteiger partial charge < -0.3 is 0 Å². The molecule has 78 heavy (non-hydrogen) atoms. The average molecular weight is 995 g/mol. The van der Waals surface area contributed by atoms with E-state index in [-0.39, 0.29) is 0 Å². The van der Waals surface area contributed by atoms with Crippen LogP contribution < -0.4 is 0 Å². The summed E-state index contributed by atoms with van der Waals surface area (Å²) in [6.45, 7) is 13.7. The molecule has 0 saturated heterocycles. The third kappa shape index (κ3) is 7.90. The van der Waals surface area contributed by atoms with Crippen LogP contribution in [0.5, 0.6) is 0 Å². The Morgan fingerprint density at radius 2 is 0.385 bits per heavy atom. The second-order valence-corrected chi connectivity index (χ2v) is 21.9. The van der Waals surface area contributed by atoms with Crippen LogP contribution in [0.15, 0.2) is 243 Å². The van der Waals surface area contributed by atoms with Gasteiger partial charge in [0.15, 0.2) is 0 Å². The first kappa shape index (κ1) is 47.1. The number of rotatable bonds is 7. The van der Waals surface area contributed by atoms with Crippen molar-refractivity contribution in [1.82, 2.24) is 0 Å². The molecule has 0 nitrogen and oxygen atoms in total. The lowest BCUT2D eigenvalue weighted by Crippen LogP contribution is -1.95. The van der Waals surface area contributed by atoms with Crippen LogP contribution in [0.1, 0.15) is 33.4 Å². The molecule has 14 rings (SSSR count). The highest BCUT2D eigenvalue weighted by atomic mass is 14.2. The topological polar surface area (TPSA) is 0 Å². The van der Waals surface area contributed by atoms with E-state index < -0.39 is 0 Å². The van der Waals surface area contributed by atoms with Crippen LogP contribution in [0.2, 0.25) is 0 Å². The van der Waals surface area contributed by atoms with Crippen molar-refractivity contribution in [1.29, 1.82) is 0 Å². The highest BCUT2D eigenvalue weighted by Gasteiger charge is 2.20. The van der Waals surface area contributed by atoms with Gasteiger partial charge in [-0.3, -0.25) is 0 Å². The molecule has 0 aliphatic rings. The van der Waals surface area contributed by atoms with Gasteiger partial charge in [-0.05, 0) is 254 Å². The SMILES string of the molecule is Cc1cc(-c2c3ccccc3cc3ccccc23)c(C)cc1-c1ccc(-c2cc(-c3cc(C)c(-c4c5ccccc5cc5ccccc45)cc3C)cc(-c3cc(C)c(-c4c5ccccc5cc5ccccc45)cc3C)c2)cc1.